The first-order valence-corrected chi connectivity index (χ1v) is 7.02. The summed E-state index contributed by atoms with van der Waals surface area (Å²) in [5.74, 6) is 9.23. The Balaban J connectivity index is 2.37. The van der Waals surface area contributed by atoms with Gasteiger partial charge in [-0.15, -0.1) is 0 Å². The van der Waals surface area contributed by atoms with Gasteiger partial charge in [-0.2, -0.15) is 0 Å². The van der Waals surface area contributed by atoms with Crippen molar-refractivity contribution >= 4 is 22.6 Å². The maximum absolute atomic E-state index is 11.6. The summed E-state index contributed by atoms with van der Waals surface area (Å²) >= 11 is 0. The second-order valence-corrected chi connectivity index (χ2v) is 5.33. The number of carbonyl (C=O) groups is 2. The average molecular weight is 300 g/mol. The molecular weight excluding hydrogens is 280 g/mol. The third-order valence-electron chi connectivity index (χ3n) is 3.96. The zero-order chi connectivity index (χ0) is 16.3. The highest BCUT2D eigenvalue weighted by molar-refractivity contribution is 5.89. The van der Waals surface area contributed by atoms with Crippen LogP contribution in [0.3, 0.4) is 0 Å². The maximum atomic E-state index is 11.6. The summed E-state index contributed by atoms with van der Waals surface area (Å²) in [6.45, 7) is 3.59. The van der Waals surface area contributed by atoms with Gasteiger partial charge in [0.05, 0.1) is 11.8 Å². The number of hydrogen-bond acceptors (Lipinski definition) is 4. The molecule has 6 N–H and O–H groups in total. The molecule has 0 saturated carbocycles. The van der Waals surface area contributed by atoms with Gasteiger partial charge in [-0.05, 0) is 35.7 Å². The maximum Gasteiger partial charge on any atom is 0.241 e. The Morgan fingerprint density at radius 1 is 0.818 bits per heavy atom. The SMILES string of the molecule is CC(C(=O)NN)c1ccc2cc(C(C)C(=O)NN)ccc2c1. The molecule has 0 radical (unpaired) electrons. The summed E-state index contributed by atoms with van der Waals surface area (Å²) < 4.78 is 0. The molecule has 2 unspecified atom stereocenters. The van der Waals surface area contributed by atoms with Crippen LogP contribution in [0.5, 0.6) is 0 Å². The number of carbonyl (C=O) groups excluding carboxylic acids is 2. The Bertz CT molecular complexity index is 653. The van der Waals surface area contributed by atoms with Crippen molar-refractivity contribution in [3.8, 4) is 0 Å². The van der Waals surface area contributed by atoms with Crippen molar-refractivity contribution < 1.29 is 9.59 Å². The van der Waals surface area contributed by atoms with Crippen molar-refractivity contribution in [2.45, 2.75) is 25.7 Å². The number of nitrogens with one attached hydrogen (secondary N) is 2. The van der Waals surface area contributed by atoms with E-state index in [1.807, 2.05) is 36.4 Å². The number of amides is 2. The zero-order valence-corrected chi connectivity index (χ0v) is 12.6. The van der Waals surface area contributed by atoms with Crippen molar-refractivity contribution in [1.82, 2.24) is 10.9 Å². The van der Waals surface area contributed by atoms with E-state index in [0.717, 1.165) is 21.9 Å². The quantitative estimate of drug-likeness (QED) is 0.384. The molecule has 6 nitrogen and oxygen atoms in total. The van der Waals surface area contributed by atoms with Gasteiger partial charge in [0.25, 0.3) is 0 Å². The highest BCUT2D eigenvalue weighted by atomic mass is 16.2. The van der Waals surface area contributed by atoms with Crippen LogP contribution in [0.15, 0.2) is 36.4 Å². The molecule has 22 heavy (non-hydrogen) atoms. The van der Waals surface area contributed by atoms with Crippen LogP contribution in [-0.2, 0) is 9.59 Å². The number of hydrazine groups is 2. The van der Waals surface area contributed by atoms with E-state index in [4.69, 9.17) is 11.7 Å². The minimum absolute atomic E-state index is 0.232. The summed E-state index contributed by atoms with van der Waals surface area (Å²) in [6.07, 6.45) is 0. The Kier molecular flexibility index (Phi) is 4.75. The third kappa shape index (κ3) is 3.08. The van der Waals surface area contributed by atoms with Crippen molar-refractivity contribution in [3.63, 3.8) is 0 Å². The van der Waals surface area contributed by atoms with E-state index >= 15 is 0 Å². The molecule has 2 rings (SSSR count). The summed E-state index contributed by atoms with van der Waals surface area (Å²) in [7, 11) is 0. The highest BCUT2D eigenvalue weighted by Gasteiger charge is 2.16. The van der Waals surface area contributed by atoms with Gasteiger partial charge in [0.15, 0.2) is 0 Å². The molecule has 0 bridgehead atoms. The summed E-state index contributed by atoms with van der Waals surface area (Å²) in [4.78, 5) is 23.2. The predicted octanol–water partition coefficient (Wildman–Crippen LogP) is 1.03. The van der Waals surface area contributed by atoms with E-state index in [-0.39, 0.29) is 23.7 Å². The lowest BCUT2D eigenvalue weighted by atomic mass is 9.94. The van der Waals surface area contributed by atoms with Gasteiger partial charge in [-0.3, -0.25) is 20.4 Å². The van der Waals surface area contributed by atoms with Gasteiger partial charge < -0.3 is 0 Å². The molecule has 2 aromatic carbocycles. The van der Waals surface area contributed by atoms with E-state index in [0.29, 0.717) is 0 Å². The highest BCUT2D eigenvalue weighted by Crippen LogP contribution is 2.25. The molecule has 0 aliphatic rings. The molecule has 0 aliphatic heterocycles. The Morgan fingerprint density at radius 3 is 1.50 bits per heavy atom. The molecule has 2 atom stereocenters. The summed E-state index contributed by atoms with van der Waals surface area (Å²) in [5.41, 5.74) is 6.09. The molecule has 0 aromatic heterocycles. The molecule has 2 amide bonds. The average Bonchev–Trinajstić information content (AvgIpc) is 2.57. The van der Waals surface area contributed by atoms with Crippen LogP contribution in [0.4, 0.5) is 0 Å². The summed E-state index contributed by atoms with van der Waals surface area (Å²) in [6, 6.07) is 11.5. The molecule has 116 valence electrons. The van der Waals surface area contributed by atoms with Gasteiger partial charge in [-0.25, -0.2) is 11.7 Å². The third-order valence-corrected chi connectivity index (χ3v) is 3.96. The van der Waals surface area contributed by atoms with Crippen LogP contribution in [0.2, 0.25) is 0 Å². The first-order chi connectivity index (χ1) is 10.5. The predicted molar refractivity (Wildman–Crippen MR) is 85.4 cm³/mol. The van der Waals surface area contributed by atoms with Crippen molar-refractivity contribution in [2.75, 3.05) is 0 Å². The molecule has 0 heterocycles. The van der Waals surface area contributed by atoms with Crippen molar-refractivity contribution in [3.05, 3.63) is 47.5 Å². The molecule has 0 spiro atoms. The second kappa shape index (κ2) is 6.55. The molecule has 6 heteroatoms. The van der Waals surface area contributed by atoms with E-state index in [1.165, 1.54) is 0 Å². The molecule has 2 aromatic rings. The van der Waals surface area contributed by atoms with Crippen molar-refractivity contribution in [2.24, 2.45) is 11.7 Å². The van der Waals surface area contributed by atoms with Crippen LogP contribution < -0.4 is 22.5 Å². The minimum Gasteiger partial charge on any atom is -0.294 e. The Labute approximate surface area is 128 Å². The monoisotopic (exact) mass is 300 g/mol. The lowest BCUT2D eigenvalue weighted by Crippen LogP contribution is -2.33. The largest absolute Gasteiger partial charge is 0.294 e. The van der Waals surface area contributed by atoms with E-state index < -0.39 is 0 Å². The van der Waals surface area contributed by atoms with E-state index in [9.17, 15) is 9.59 Å². The van der Waals surface area contributed by atoms with Crippen LogP contribution >= 0.6 is 0 Å². The van der Waals surface area contributed by atoms with Crippen LogP contribution in [0, 0.1) is 0 Å². The van der Waals surface area contributed by atoms with Gasteiger partial charge in [0.1, 0.15) is 0 Å². The first-order valence-electron chi connectivity index (χ1n) is 7.02. The topological polar surface area (TPSA) is 110 Å². The van der Waals surface area contributed by atoms with Crippen LogP contribution in [0.1, 0.15) is 36.8 Å². The van der Waals surface area contributed by atoms with Crippen molar-refractivity contribution in [1.29, 1.82) is 0 Å². The fraction of sp³-hybridized carbons (Fsp3) is 0.250. The smallest absolute Gasteiger partial charge is 0.241 e. The Hall–Kier alpha value is -2.44. The number of fused-ring (bicyclic) bond motifs is 1. The van der Waals surface area contributed by atoms with Gasteiger partial charge in [0, 0.05) is 0 Å². The van der Waals surface area contributed by atoms with Gasteiger partial charge in [-0.1, -0.05) is 36.4 Å². The second-order valence-electron chi connectivity index (χ2n) is 5.33. The first kappa shape index (κ1) is 15.9. The van der Waals surface area contributed by atoms with Gasteiger partial charge >= 0.3 is 0 Å². The molecular formula is C16H20N4O2. The Morgan fingerprint density at radius 2 is 1.18 bits per heavy atom. The van der Waals surface area contributed by atoms with E-state index in [2.05, 4.69) is 10.9 Å². The van der Waals surface area contributed by atoms with E-state index in [1.54, 1.807) is 13.8 Å². The molecule has 0 saturated heterocycles. The lowest BCUT2D eigenvalue weighted by Gasteiger charge is -2.13. The standard InChI is InChI=1S/C16H20N4O2/c1-9(15(21)19-17)11-3-5-14-8-12(4-6-13(14)7-11)10(2)16(22)20-18/h3-10H,17-18H2,1-2H3,(H,19,21)(H,20,22). The number of benzene rings is 2. The molecule has 0 fully saturated rings. The fourth-order valence-corrected chi connectivity index (χ4v) is 2.37. The number of rotatable bonds is 4. The van der Waals surface area contributed by atoms with Crippen LogP contribution in [-0.4, -0.2) is 11.8 Å². The molecule has 0 aliphatic carbocycles. The zero-order valence-electron chi connectivity index (χ0n) is 12.6. The van der Waals surface area contributed by atoms with Gasteiger partial charge in [0.2, 0.25) is 11.8 Å². The number of nitrogens with two attached hydrogens (primary N) is 2. The van der Waals surface area contributed by atoms with Crippen LogP contribution in [0.25, 0.3) is 10.8 Å². The minimum atomic E-state index is -0.323. The summed E-state index contributed by atoms with van der Waals surface area (Å²) in [5, 5.41) is 2.00. The normalized spacial score (nSPS) is 13.5. The number of hydrogen-bond donors (Lipinski definition) is 4. The lowest BCUT2D eigenvalue weighted by molar-refractivity contribution is -0.123. The fourth-order valence-electron chi connectivity index (χ4n) is 2.37.